The Morgan fingerprint density at radius 3 is 2.92 bits per heavy atom. The van der Waals surface area contributed by atoms with Crippen molar-refractivity contribution in [3.63, 3.8) is 0 Å². The van der Waals surface area contributed by atoms with Gasteiger partial charge in [0, 0.05) is 30.7 Å². The van der Waals surface area contributed by atoms with Crippen LogP contribution in [0.4, 0.5) is 0 Å². The summed E-state index contributed by atoms with van der Waals surface area (Å²) in [6, 6.07) is 9.23. The van der Waals surface area contributed by atoms with Crippen molar-refractivity contribution in [3.8, 4) is 5.69 Å². The second kappa shape index (κ2) is 8.01. The summed E-state index contributed by atoms with van der Waals surface area (Å²) in [5, 5.41) is 2.99. The van der Waals surface area contributed by atoms with Gasteiger partial charge in [0.2, 0.25) is 5.91 Å². The van der Waals surface area contributed by atoms with E-state index in [4.69, 9.17) is 0 Å². The molecule has 0 saturated carbocycles. The van der Waals surface area contributed by atoms with Crippen LogP contribution in [-0.2, 0) is 11.3 Å². The molecule has 1 amide bonds. The normalized spacial score (nSPS) is 11.9. The summed E-state index contributed by atoms with van der Waals surface area (Å²) in [5.41, 5.74) is 2.36. The largest absolute Gasteiger partial charge is 0.351 e. The van der Waals surface area contributed by atoms with Gasteiger partial charge in [0.1, 0.15) is 0 Å². The Morgan fingerprint density at radius 1 is 1.38 bits per heavy atom. The smallest absolute Gasteiger partial charge is 0.251 e. The Bertz CT molecular complexity index is 952. The molecule has 0 spiro atoms. The monoisotopic (exact) mass is 369 g/mol. The van der Waals surface area contributed by atoms with Crippen molar-refractivity contribution in [1.82, 2.24) is 24.8 Å². The maximum Gasteiger partial charge on any atom is 0.251 e. The van der Waals surface area contributed by atoms with E-state index in [1.165, 1.54) is 17.8 Å². The van der Waals surface area contributed by atoms with Gasteiger partial charge in [-0.3, -0.25) is 9.59 Å². The summed E-state index contributed by atoms with van der Waals surface area (Å²) in [6.45, 7) is 3.93. The second-order valence-corrected chi connectivity index (χ2v) is 7.10. The molecule has 0 aliphatic rings. The van der Waals surface area contributed by atoms with Crippen molar-refractivity contribution in [1.29, 1.82) is 0 Å². The molecule has 0 radical (unpaired) electrons. The van der Waals surface area contributed by atoms with E-state index in [2.05, 4.69) is 20.3 Å². The fraction of sp³-hybridized carbons (Fsp3) is 0.222. The number of thioether (sulfide) groups is 1. The van der Waals surface area contributed by atoms with Crippen LogP contribution in [0.25, 0.3) is 5.69 Å². The third-order valence-electron chi connectivity index (χ3n) is 3.73. The Kier molecular flexibility index (Phi) is 5.52. The van der Waals surface area contributed by atoms with Crippen LogP contribution in [0.2, 0.25) is 0 Å². The van der Waals surface area contributed by atoms with Gasteiger partial charge in [0.15, 0.2) is 5.16 Å². The summed E-state index contributed by atoms with van der Waals surface area (Å²) in [6.07, 6.45) is 5.29. The molecule has 0 unspecified atom stereocenters. The predicted octanol–water partition coefficient (Wildman–Crippen LogP) is 2.06. The molecular weight excluding hydrogens is 350 g/mol. The lowest BCUT2D eigenvalue weighted by Crippen LogP contribution is -2.31. The molecular formula is C18H19N5O2S. The molecule has 7 nitrogen and oxygen atoms in total. The van der Waals surface area contributed by atoms with E-state index in [1.54, 1.807) is 26.4 Å². The number of nitrogens with one attached hydrogen (secondary N) is 2. The highest BCUT2D eigenvalue weighted by molar-refractivity contribution is 8.00. The first-order valence-electron chi connectivity index (χ1n) is 8.11. The number of benzene rings is 1. The van der Waals surface area contributed by atoms with Gasteiger partial charge in [-0.1, -0.05) is 30.0 Å². The van der Waals surface area contributed by atoms with Gasteiger partial charge in [-0.15, -0.1) is 0 Å². The number of carbonyl (C=O) groups excluding carboxylic acids is 1. The molecule has 134 valence electrons. The summed E-state index contributed by atoms with van der Waals surface area (Å²) < 4.78 is 1.90. The van der Waals surface area contributed by atoms with Gasteiger partial charge in [0.25, 0.3) is 5.56 Å². The van der Waals surface area contributed by atoms with Crippen molar-refractivity contribution < 1.29 is 4.79 Å². The van der Waals surface area contributed by atoms with Crippen LogP contribution in [0.5, 0.6) is 0 Å². The van der Waals surface area contributed by atoms with Gasteiger partial charge in [-0.2, -0.15) is 0 Å². The van der Waals surface area contributed by atoms with Crippen LogP contribution in [0.15, 0.2) is 59.0 Å². The Balaban J connectivity index is 1.65. The maximum atomic E-state index is 12.4. The fourth-order valence-corrected chi connectivity index (χ4v) is 3.35. The molecule has 1 atom stereocenters. The number of nitrogens with zero attached hydrogens (tertiary/aromatic N) is 3. The van der Waals surface area contributed by atoms with Crippen molar-refractivity contribution in [2.45, 2.75) is 30.8 Å². The van der Waals surface area contributed by atoms with Crippen LogP contribution in [0.1, 0.15) is 18.2 Å². The SMILES string of the molecule is Cc1cc(=O)[nH]c(S[C@@H](C)C(=O)NCc2ccccc2-n2ccnc2)n1. The number of imidazole rings is 1. The van der Waals surface area contributed by atoms with Crippen molar-refractivity contribution in [2.75, 3.05) is 0 Å². The molecule has 0 saturated heterocycles. The van der Waals surface area contributed by atoms with E-state index in [0.29, 0.717) is 17.4 Å². The molecule has 2 heterocycles. The third kappa shape index (κ3) is 4.40. The zero-order valence-electron chi connectivity index (χ0n) is 14.5. The molecule has 1 aromatic carbocycles. The molecule has 0 aliphatic carbocycles. The number of hydrogen-bond acceptors (Lipinski definition) is 5. The first-order valence-corrected chi connectivity index (χ1v) is 8.99. The van der Waals surface area contributed by atoms with E-state index in [1.807, 2.05) is 35.0 Å². The average molecular weight is 369 g/mol. The highest BCUT2D eigenvalue weighted by Crippen LogP contribution is 2.19. The van der Waals surface area contributed by atoms with Crippen LogP contribution < -0.4 is 10.9 Å². The number of H-pyrrole nitrogens is 1. The van der Waals surface area contributed by atoms with Crippen molar-refractivity contribution in [3.05, 3.63) is 70.7 Å². The molecule has 0 aliphatic heterocycles. The fourth-order valence-electron chi connectivity index (χ4n) is 2.47. The summed E-state index contributed by atoms with van der Waals surface area (Å²) in [5.74, 6) is -0.125. The standard InChI is InChI=1S/C18H19N5O2S/c1-12-9-16(24)22-18(21-12)26-13(2)17(25)20-10-14-5-3-4-6-15(14)23-8-7-19-11-23/h3-9,11,13H,10H2,1-2H3,(H,20,25)(H,21,22,24)/t13-/m0/s1. The van der Waals surface area contributed by atoms with Gasteiger partial charge in [-0.05, 0) is 25.5 Å². The summed E-state index contributed by atoms with van der Waals surface area (Å²) in [4.78, 5) is 34.9. The lowest BCUT2D eigenvalue weighted by Gasteiger charge is -2.14. The van der Waals surface area contributed by atoms with Gasteiger partial charge >= 0.3 is 0 Å². The quantitative estimate of drug-likeness (QED) is 0.512. The minimum Gasteiger partial charge on any atom is -0.351 e. The minimum absolute atomic E-state index is 0.125. The number of amides is 1. The molecule has 2 N–H and O–H groups in total. The third-order valence-corrected chi connectivity index (χ3v) is 4.72. The number of aromatic amines is 1. The van der Waals surface area contributed by atoms with Crippen molar-refractivity contribution >= 4 is 17.7 Å². The molecule has 3 aromatic rings. The Morgan fingerprint density at radius 2 is 2.19 bits per heavy atom. The van der Waals surface area contributed by atoms with Gasteiger partial charge in [0.05, 0.1) is 17.3 Å². The van der Waals surface area contributed by atoms with E-state index >= 15 is 0 Å². The van der Waals surface area contributed by atoms with E-state index in [0.717, 1.165) is 11.3 Å². The lowest BCUT2D eigenvalue weighted by atomic mass is 10.1. The zero-order valence-corrected chi connectivity index (χ0v) is 15.3. The average Bonchev–Trinajstić information content (AvgIpc) is 3.13. The molecule has 26 heavy (non-hydrogen) atoms. The lowest BCUT2D eigenvalue weighted by molar-refractivity contribution is -0.120. The topological polar surface area (TPSA) is 92.7 Å². The van der Waals surface area contributed by atoms with E-state index in [9.17, 15) is 9.59 Å². The highest BCUT2D eigenvalue weighted by atomic mass is 32.2. The number of aromatic nitrogens is 4. The van der Waals surface area contributed by atoms with E-state index < -0.39 is 0 Å². The zero-order chi connectivity index (χ0) is 18.5. The molecule has 8 heteroatoms. The first-order chi connectivity index (χ1) is 12.5. The summed E-state index contributed by atoms with van der Waals surface area (Å²) >= 11 is 1.22. The molecule has 0 fully saturated rings. The van der Waals surface area contributed by atoms with Crippen LogP contribution in [0.3, 0.4) is 0 Å². The predicted molar refractivity (Wildman–Crippen MR) is 100 cm³/mol. The number of para-hydroxylation sites is 1. The number of aryl methyl sites for hydroxylation is 1. The second-order valence-electron chi connectivity index (χ2n) is 5.77. The van der Waals surface area contributed by atoms with Crippen molar-refractivity contribution in [2.24, 2.45) is 0 Å². The van der Waals surface area contributed by atoms with Crippen LogP contribution in [-0.4, -0.2) is 30.7 Å². The maximum absolute atomic E-state index is 12.4. The molecule has 0 bridgehead atoms. The highest BCUT2D eigenvalue weighted by Gasteiger charge is 2.16. The summed E-state index contributed by atoms with van der Waals surface area (Å²) in [7, 11) is 0. The van der Waals surface area contributed by atoms with E-state index in [-0.39, 0.29) is 16.7 Å². The molecule has 3 rings (SSSR count). The van der Waals surface area contributed by atoms with Crippen LogP contribution in [0, 0.1) is 6.92 Å². The number of carbonyl (C=O) groups is 1. The number of hydrogen-bond donors (Lipinski definition) is 2. The van der Waals surface area contributed by atoms with Gasteiger partial charge < -0.3 is 14.9 Å². The van der Waals surface area contributed by atoms with Crippen LogP contribution >= 0.6 is 11.8 Å². The molecule has 2 aromatic heterocycles. The number of rotatable bonds is 6. The Labute approximate surface area is 154 Å². The minimum atomic E-state index is -0.389. The first kappa shape index (κ1) is 17.9. The van der Waals surface area contributed by atoms with Gasteiger partial charge in [-0.25, -0.2) is 9.97 Å². The Hall–Kier alpha value is -2.87.